The fourth-order valence-electron chi connectivity index (χ4n) is 4.95. The number of aliphatic carboxylic acids is 1. The average Bonchev–Trinajstić information content (AvgIpc) is 2.71. The first-order chi connectivity index (χ1) is 10.1. The van der Waals surface area contributed by atoms with Crippen molar-refractivity contribution in [1.29, 1.82) is 0 Å². The molecule has 2 aliphatic carbocycles. The van der Waals surface area contributed by atoms with Gasteiger partial charge in [-0.2, -0.15) is 0 Å². The van der Waals surface area contributed by atoms with Gasteiger partial charge < -0.3 is 9.84 Å². The topological polar surface area (TPSA) is 46.5 Å². The lowest BCUT2D eigenvalue weighted by atomic mass is 9.75. The van der Waals surface area contributed by atoms with Crippen LogP contribution in [-0.4, -0.2) is 22.8 Å². The molecule has 0 radical (unpaired) electrons. The van der Waals surface area contributed by atoms with Crippen molar-refractivity contribution in [2.75, 3.05) is 0 Å². The van der Waals surface area contributed by atoms with Crippen LogP contribution in [0.25, 0.3) is 0 Å². The first-order valence-electron chi connectivity index (χ1n) is 9.06. The van der Waals surface area contributed by atoms with E-state index in [1.54, 1.807) is 0 Å². The number of ether oxygens (including phenoxy) is 1. The molecule has 1 spiro atoms. The van der Waals surface area contributed by atoms with Crippen LogP contribution in [-0.2, 0) is 9.53 Å². The summed E-state index contributed by atoms with van der Waals surface area (Å²) in [6.07, 6.45) is 15.8. The molecule has 1 heterocycles. The van der Waals surface area contributed by atoms with Crippen LogP contribution in [0.4, 0.5) is 0 Å². The minimum absolute atomic E-state index is 0.118. The first kappa shape index (κ1) is 15.3. The second-order valence-corrected chi connectivity index (χ2v) is 7.73. The molecule has 0 amide bonds. The summed E-state index contributed by atoms with van der Waals surface area (Å²) < 4.78 is 6.45. The molecule has 3 nitrogen and oxygen atoms in total. The Morgan fingerprint density at radius 1 is 0.905 bits per heavy atom. The Morgan fingerprint density at radius 2 is 1.48 bits per heavy atom. The Labute approximate surface area is 128 Å². The van der Waals surface area contributed by atoms with Gasteiger partial charge in [0.25, 0.3) is 0 Å². The second-order valence-electron chi connectivity index (χ2n) is 7.73. The van der Waals surface area contributed by atoms with Crippen LogP contribution in [0.1, 0.15) is 89.9 Å². The molecule has 2 saturated carbocycles. The highest BCUT2D eigenvalue weighted by Crippen LogP contribution is 2.47. The van der Waals surface area contributed by atoms with Crippen molar-refractivity contribution in [1.82, 2.24) is 0 Å². The van der Waals surface area contributed by atoms with E-state index in [4.69, 9.17) is 4.74 Å². The van der Waals surface area contributed by atoms with Gasteiger partial charge in [0.05, 0.1) is 17.1 Å². The number of hydrogen-bond donors (Lipinski definition) is 1. The zero-order valence-corrected chi connectivity index (χ0v) is 13.2. The third-order valence-electron chi connectivity index (χ3n) is 6.24. The average molecular weight is 294 g/mol. The molecule has 21 heavy (non-hydrogen) atoms. The zero-order valence-electron chi connectivity index (χ0n) is 13.2. The van der Waals surface area contributed by atoms with Crippen molar-refractivity contribution >= 4 is 5.97 Å². The van der Waals surface area contributed by atoms with Crippen molar-refractivity contribution in [3.63, 3.8) is 0 Å². The van der Waals surface area contributed by atoms with E-state index in [9.17, 15) is 9.90 Å². The van der Waals surface area contributed by atoms with E-state index >= 15 is 0 Å². The molecule has 3 heteroatoms. The van der Waals surface area contributed by atoms with Crippen LogP contribution >= 0.6 is 0 Å². The van der Waals surface area contributed by atoms with E-state index in [1.807, 2.05) is 0 Å². The summed E-state index contributed by atoms with van der Waals surface area (Å²) in [6, 6.07) is 0. The SMILES string of the molecule is O=C(O)C1(CC2CCC3(CCCCC3)O2)CCCCCC1. The maximum Gasteiger partial charge on any atom is 0.309 e. The molecule has 0 aromatic carbocycles. The molecule has 1 atom stereocenters. The molecule has 0 aromatic heterocycles. The van der Waals surface area contributed by atoms with Gasteiger partial charge in [-0.05, 0) is 44.9 Å². The zero-order chi connectivity index (χ0) is 14.8. The van der Waals surface area contributed by atoms with Gasteiger partial charge in [-0.3, -0.25) is 4.79 Å². The van der Waals surface area contributed by atoms with E-state index in [-0.39, 0.29) is 11.7 Å². The van der Waals surface area contributed by atoms with Gasteiger partial charge in [-0.25, -0.2) is 0 Å². The number of carbonyl (C=O) groups is 1. The Bertz CT molecular complexity index is 363. The van der Waals surface area contributed by atoms with E-state index < -0.39 is 11.4 Å². The molecule has 3 fully saturated rings. The maximum atomic E-state index is 11.9. The van der Waals surface area contributed by atoms with Gasteiger partial charge in [-0.15, -0.1) is 0 Å². The summed E-state index contributed by atoms with van der Waals surface area (Å²) in [5.41, 5.74) is -0.380. The van der Waals surface area contributed by atoms with Crippen LogP contribution in [0, 0.1) is 5.41 Å². The summed E-state index contributed by atoms with van der Waals surface area (Å²) in [4.78, 5) is 11.9. The van der Waals surface area contributed by atoms with Gasteiger partial charge in [0, 0.05) is 0 Å². The quantitative estimate of drug-likeness (QED) is 0.768. The first-order valence-corrected chi connectivity index (χ1v) is 9.06. The lowest BCUT2D eigenvalue weighted by molar-refractivity contribution is -0.154. The highest BCUT2D eigenvalue weighted by atomic mass is 16.5. The van der Waals surface area contributed by atoms with Crippen LogP contribution in [0.3, 0.4) is 0 Å². The number of carboxylic acid groups (broad SMARTS) is 1. The Kier molecular flexibility index (Phi) is 4.58. The summed E-state index contributed by atoms with van der Waals surface area (Å²) in [6.45, 7) is 0. The van der Waals surface area contributed by atoms with Crippen LogP contribution in [0.15, 0.2) is 0 Å². The molecule has 1 N–H and O–H groups in total. The van der Waals surface area contributed by atoms with Gasteiger partial charge in [0.1, 0.15) is 0 Å². The Hall–Kier alpha value is -0.570. The maximum absolute atomic E-state index is 11.9. The Morgan fingerprint density at radius 3 is 2.10 bits per heavy atom. The van der Waals surface area contributed by atoms with Gasteiger partial charge in [0.2, 0.25) is 0 Å². The van der Waals surface area contributed by atoms with E-state index in [1.165, 1.54) is 44.9 Å². The molecular weight excluding hydrogens is 264 g/mol. The molecule has 1 aliphatic heterocycles. The molecule has 1 saturated heterocycles. The molecule has 0 bridgehead atoms. The third-order valence-corrected chi connectivity index (χ3v) is 6.24. The smallest absolute Gasteiger partial charge is 0.309 e. The van der Waals surface area contributed by atoms with E-state index in [2.05, 4.69) is 0 Å². The fraction of sp³-hybridized carbons (Fsp3) is 0.944. The lowest BCUT2D eigenvalue weighted by Crippen LogP contribution is -2.37. The predicted molar refractivity (Wildman–Crippen MR) is 82.3 cm³/mol. The van der Waals surface area contributed by atoms with Crippen LogP contribution in [0.2, 0.25) is 0 Å². The van der Waals surface area contributed by atoms with Gasteiger partial charge >= 0.3 is 5.97 Å². The third kappa shape index (κ3) is 3.28. The van der Waals surface area contributed by atoms with Crippen molar-refractivity contribution in [2.24, 2.45) is 5.41 Å². The van der Waals surface area contributed by atoms with Crippen molar-refractivity contribution < 1.29 is 14.6 Å². The normalized spacial score (nSPS) is 31.9. The summed E-state index contributed by atoms with van der Waals surface area (Å²) in [7, 11) is 0. The van der Waals surface area contributed by atoms with Crippen molar-refractivity contribution in [2.45, 2.75) is 102 Å². The highest BCUT2D eigenvalue weighted by molar-refractivity contribution is 5.74. The second kappa shape index (κ2) is 6.28. The molecule has 1 unspecified atom stereocenters. The summed E-state index contributed by atoms with van der Waals surface area (Å²) in [5.74, 6) is -0.572. The number of hydrogen-bond acceptors (Lipinski definition) is 2. The van der Waals surface area contributed by atoms with Crippen LogP contribution < -0.4 is 0 Å². The molecule has 0 aromatic rings. The standard InChI is InChI=1S/C18H30O3/c19-16(20)17(9-4-1-2-5-10-17)14-15-8-13-18(21-15)11-6-3-7-12-18/h15H,1-14H2,(H,19,20). The van der Waals surface area contributed by atoms with Gasteiger partial charge in [-0.1, -0.05) is 44.9 Å². The lowest BCUT2D eigenvalue weighted by Gasteiger charge is -2.35. The van der Waals surface area contributed by atoms with Gasteiger partial charge in [0.15, 0.2) is 0 Å². The summed E-state index contributed by atoms with van der Waals surface area (Å²) >= 11 is 0. The van der Waals surface area contributed by atoms with Crippen LogP contribution in [0.5, 0.6) is 0 Å². The minimum atomic E-state index is -0.572. The van der Waals surface area contributed by atoms with Crippen molar-refractivity contribution in [3.05, 3.63) is 0 Å². The van der Waals surface area contributed by atoms with E-state index in [0.29, 0.717) is 0 Å². The molecule has 120 valence electrons. The molecule has 3 rings (SSSR count). The molecular formula is C18H30O3. The fourth-order valence-corrected chi connectivity index (χ4v) is 4.95. The largest absolute Gasteiger partial charge is 0.481 e. The number of rotatable bonds is 3. The monoisotopic (exact) mass is 294 g/mol. The Balaban J connectivity index is 1.65. The predicted octanol–water partition coefficient (Wildman–Crippen LogP) is 4.68. The number of carboxylic acids is 1. The van der Waals surface area contributed by atoms with Crippen molar-refractivity contribution in [3.8, 4) is 0 Å². The highest BCUT2D eigenvalue weighted by Gasteiger charge is 2.46. The summed E-state index contributed by atoms with van der Waals surface area (Å²) in [5, 5.41) is 9.82. The van der Waals surface area contributed by atoms with E-state index in [0.717, 1.165) is 44.9 Å². The molecule has 3 aliphatic rings. The minimum Gasteiger partial charge on any atom is -0.481 e.